The summed E-state index contributed by atoms with van der Waals surface area (Å²) in [5.41, 5.74) is 1.29. The average molecular weight is 249 g/mol. The third-order valence-corrected chi connectivity index (χ3v) is 3.80. The zero-order chi connectivity index (χ0) is 13.0. The fourth-order valence-electron chi connectivity index (χ4n) is 2.47. The van der Waals surface area contributed by atoms with E-state index in [1.165, 1.54) is 12.0 Å². The molecule has 3 nitrogen and oxygen atoms in total. The van der Waals surface area contributed by atoms with Crippen LogP contribution in [0.2, 0.25) is 0 Å². The molecule has 0 amide bonds. The number of methoxy groups -OCH3 is 1. The van der Waals surface area contributed by atoms with Crippen LogP contribution in [0.1, 0.15) is 31.9 Å². The summed E-state index contributed by atoms with van der Waals surface area (Å²) in [7, 11) is 1.69. The normalized spacial score (nSPS) is 22.7. The van der Waals surface area contributed by atoms with E-state index in [0.29, 0.717) is 18.0 Å². The van der Waals surface area contributed by atoms with Crippen molar-refractivity contribution in [2.24, 2.45) is 5.92 Å². The number of rotatable bonds is 5. The fourth-order valence-corrected chi connectivity index (χ4v) is 2.47. The van der Waals surface area contributed by atoms with Crippen molar-refractivity contribution in [3.63, 3.8) is 0 Å². The first kappa shape index (κ1) is 13.4. The van der Waals surface area contributed by atoms with E-state index < -0.39 is 0 Å². The van der Waals surface area contributed by atoms with Gasteiger partial charge in [-0.1, -0.05) is 12.1 Å². The molecular weight excluding hydrogens is 226 g/mol. The molecule has 1 fully saturated rings. The van der Waals surface area contributed by atoms with E-state index in [0.717, 1.165) is 19.0 Å². The van der Waals surface area contributed by atoms with Crippen LogP contribution in [0.5, 0.6) is 5.75 Å². The van der Waals surface area contributed by atoms with Gasteiger partial charge in [0.05, 0.1) is 13.7 Å². The molecular formula is C15H23NO2. The molecule has 1 N–H and O–H groups in total. The van der Waals surface area contributed by atoms with E-state index >= 15 is 0 Å². The van der Waals surface area contributed by atoms with Gasteiger partial charge < -0.3 is 14.8 Å². The Morgan fingerprint density at radius 3 is 2.56 bits per heavy atom. The zero-order valence-electron chi connectivity index (χ0n) is 11.5. The summed E-state index contributed by atoms with van der Waals surface area (Å²) in [6.45, 7) is 6.25. The average Bonchev–Trinajstić information content (AvgIpc) is 2.92. The highest BCUT2D eigenvalue weighted by molar-refractivity contribution is 5.28. The SMILES string of the molecule is COc1ccc([C@@H](C)NC(C)C2CCOC2)cc1. The molecule has 100 valence electrons. The van der Waals surface area contributed by atoms with Crippen LogP contribution < -0.4 is 10.1 Å². The predicted molar refractivity (Wildman–Crippen MR) is 72.9 cm³/mol. The number of hydrogen-bond donors (Lipinski definition) is 1. The summed E-state index contributed by atoms with van der Waals surface area (Å²) < 4.78 is 10.6. The Bertz CT molecular complexity index is 357. The first-order chi connectivity index (χ1) is 8.70. The number of nitrogens with one attached hydrogen (secondary N) is 1. The molecule has 2 rings (SSSR count). The minimum absolute atomic E-state index is 0.353. The zero-order valence-corrected chi connectivity index (χ0v) is 11.5. The first-order valence-corrected chi connectivity index (χ1v) is 6.68. The lowest BCUT2D eigenvalue weighted by atomic mass is 9.98. The van der Waals surface area contributed by atoms with Crippen molar-refractivity contribution in [1.82, 2.24) is 5.32 Å². The lowest BCUT2D eigenvalue weighted by Crippen LogP contribution is -2.35. The summed E-state index contributed by atoms with van der Waals surface area (Å²) in [5, 5.41) is 3.65. The van der Waals surface area contributed by atoms with Crippen molar-refractivity contribution in [2.45, 2.75) is 32.4 Å². The Hall–Kier alpha value is -1.06. The van der Waals surface area contributed by atoms with Gasteiger partial charge in [0.1, 0.15) is 5.75 Å². The first-order valence-electron chi connectivity index (χ1n) is 6.68. The van der Waals surface area contributed by atoms with Crippen LogP contribution in [0.25, 0.3) is 0 Å². The van der Waals surface area contributed by atoms with Gasteiger partial charge in [-0.3, -0.25) is 0 Å². The second-order valence-corrected chi connectivity index (χ2v) is 5.07. The minimum atomic E-state index is 0.353. The molecule has 0 aromatic heterocycles. The van der Waals surface area contributed by atoms with Gasteiger partial charge in [-0.2, -0.15) is 0 Å². The van der Waals surface area contributed by atoms with Gasteiger partial charge in [0.15, 0.2) is 0 Å². The third-order valence-electron chi connectivity index (χ3n) is 3.80. The summed E-state index contributed by atoms with van der Waals surface area (Å²) in [6, 6.07) is 9.10. The second kappa shape index (κ2) is 6.21. The molecule has 1 aromatic carbocycles. The molecule has 0 spiro atoms. The van der Waals surface area contributed by atoms with Crippen molar-refractivity contribution in [3.8, 4) is 5.75 Å². The van der Waals surface area contributed by atoms with Gasteiger partial charge in [0.2, 0.25) is 0 Å². The van der Waals surface area contributed by atoms with Crippen LogP contribution in [0.3, 0.4) is 0 Å². The van der Waals surface area contributed by atoms with Crippen molar-refractivity contribution in [2.75, 3.05) is 20.3 Å². The predicted octanol–water partition coefficient (Wildman–Crippen LogP) is 2.77. The Morgan fingerprint density at radius 1 is 1.28 bits per heavy atom. The van der Waals surface area contributed by atoms with E-state index in [9.17, 15) is 0 Å². The monoisotopic (exact) mass is 249 g/mol. The maximum absolute atomic E-state index is 5.44. The highest BCUT2D eigenvalue weighted by Crippen LogP contribution is 2.21. The van der Waals surface area contributed by atoms with E-state index in [-0.39, 0.29) is 0 Å². The lowest BCUT2D eigenvalue weighted by molar-refractivity contribution is 0.177. The van der Waals surface area contributed by atoms with Crippen LogP contribution >= 0.6 is 0 Å². The molecule has 18 heavy (non-hydrogen) atoms. The number of benzene rings is 1. The van der Waals surface area contributed by atoms with Crippen LogP contribution in [-0.2, 0) is 4.74 Å². The van der Waals surface area contributed by atoms with Gasteiger partial charge in [-0.05, 0) is 43.9 Å². The number of ether oxygens (including phenoxy) is 2. The van der Waals surface area contributed by atoms with Crippen LogP contribution in [0.15, 0.2) is 24.3 Å². The number of hydrogen-bond acceptors (Lipinski definition) is 3. The third kappa shape index (κ3) is 3.24. The smallest absolute Gasteiger partial charge is 0.118 e. The van der Waals surface area contributed by atoms with Crippen molar-refractivity contribution in [3.05, 3.63) is 29.8 Å². The van der Waals surface area contributed by atoms with Gasteiger partial charge in [-0.25, -0.2) is 0 Å². The minimum Gasteiger partial charge on any atom is -0.497 e. The summed E-state index contributed by atoms with van der Waals surface area (Å²) in [6.07, 6.45) is 1.17. The van der Waals surface area contributed by atoms with E-state index in [2.05, 4.69) is 31.3 Å². The quantitative estimate of drug-likeness (QED) is 0.870. The molecule has 1 aliphatic heterocycles. The largest absolute Gasteiger partial charge is 0.497 e. The summed E-state index contributed by atoms with van der Waals surface area (Å²) >= 11 is 0. The van der Waals surface area contributed by atoms with E-state index in [4.69, 9.17) is 9.47 Å². The van der Waals surface area contributed by atoms with Crippen LogP contribution in [0, 0.1) is 5.92 Å². The van der Waals surface area contributed by atoms with Gasteiger partial charge >= 0.3 is 0 Å². The highest BCUT2D eigenvalue weighted by atomic mass is 16.5. The molecule has 1 aliphatic rings. The molecule has 1 aromatic rings. The molecule has 3 atom stereocenters. The van der Waals surface area contributed by atoms with Crippen LogP contribution in [0.4, 0.5) is 0 Å². The van der Waals surface area contributed by atoms with E-state index in [1.54, 1.807) is 7.11 Å². The Balaban J connectivity index is 1.91. The second-order valence-electron chi connectivity index (χ2n) is 5.07. The molecule has 0 radical (unpaired) electrons. The summed E-state index contributed by atoms with van der Waals surface area (Å²) in [5.74, 6) is 1.55. The van der Waals surface area contributed by atoms with Crippen molar-refractivity contribution < 1.29 is 9.47 Å². The molecule has 3 heteroatoms. The Labute approximate surface area is 109 Å². The summed E-state index contributed by atoms with van der Waals surface area (Å²) in [4.78, 5) is 0. The fraction of sp³-hybridized carbons (Fsp3) is 0.600. The topological polar surface area (TPSA) is 30.5 Å². The maximum Gasteiger partial charge on any atom is 0.118 e. The highest BCUT2D eigenvalue weighted by Gasteiger charge is 2.23. The maximum atomic E-state index is 5.44. The molecule has 0 bridgehead atoms. The lowest BCUT2D eigenvalue weighted by Gasteiger charge is -2.24. The van der Waals surface area contributed by atoms with Gasteiger partial charge in [-0.15, -0.1) is 0 Å². The molecule has 0 saturated carbocycles. The Morgan fingerprint density at radius 2 is 2.00 bits per heavy atom. The molecule has 2 unspecified atom stereocenters. The van der Waals surface area contributed by atoms with Gasteiger partial charge in [0, 0.05) is 18.7 Å². The van der Waals surface area contributed by atoms with E-state index in [1.807, 2.05) is 12.1 Å². The Kier molecular flexibility index (Phi) is 4.61. The van der Waals surface area contributed by atoms with Crippen molar-refractivity contribution in [1.29, 1.82) is 0 Å². The molecule has 1 heterocycles. The standard InChI is InChI=1S/C15H23NO2/c1-11(13-4-6-15(17-3)7-5-13)16-12(2)14-8-9-18-10-14/h4-7,11-12,14,16H,8-10H2,1-3H3/t11-,12?,14?/m1/s1. The van der Waals surface area contributed by atoms with Gasteiger partial charge in [0.25, 0.3) is 0 Å². The van der Waals surface area contributed by atoms with Crippen LogP contribution in [-0.4, -0.2) is 26.4 Å². The molecule has 0 aliphatic carbocycles. The van der Waals surface area contributed by atoms with Crippen molar-refractivity contribution >= 4 is 0 Å². The molecule has 1 saturated heterocycles.